The smallest absolute Gasteiger partial charge is 0.0294 e. The Bertz CT molecular complexity index is 290. The van der Waals surface area contributed by atoms with Crippen molar-refractivity contribution in [2.24, 2.45) is 40.9 Å². The third-order valence-corrected chi connectivity index (χ3v) is 6.64. The van der Waals surface area contributed by atoms with E-state index < -0.39 is 0 Å². The highest BCUT2D eigenvalue weighted by Crippen LogP contribution is 2.61. The van der Waals surface area contributed by atoms with E-state index in [0.29, 0.717) is 5.41 Å². The van der Waals surface area contributed by atoms with Gasteiger partial charge in [0.15, 0.2) is 0 Å². The Labute approximate surface area is 121 Å². The van der Waals surface area contributed by atoms with Crippen LogP contribution in [0.25, 0.3) is 0 Å². The van der Waals surface area contributed by atoms with Crippen molar-refractivity contribution in [3.8, 4) is 0 Å². The molecule has 0 aliphatic heterocycles. The molecule has 19 heavy (non-hydrogen) atoms. The second-order valence-electron chi connectivity index (χ2n) is 8.53. The molecule has 0 bridgehead atoms. The van der Waals surface area contributed by atoms with Gasteiger partial charge in [-0.05, 0) is 66.6 Å². The molecule has 0 N–H and O–H groups in total. The second-order valence-corrected chi connectivity index (χ2v) is 8.53. The topological polar surface area (TPSA) is 0 Å². The van der Waals surface area contributed by atoms with Crippen molar-refractivity contribution in [3.05, 3.63) is 0 Å². The fourth-order valence-electron chi connectivity index (χ4n) is 5.72. The molecular formula is C19H36. The Kier molecular flexibility index (Phi) is 4.68. The first-order valence-electron chi connectivity index (χ1n) is 8.91. The lowest BCUT2D eigenvalue weighted by Crippen LogP contribution is -2.37. The summed E-state index contributed by atoms with van der Waals surface area (Å²) in [6.07, 6.45) is 8.82. The first-order valence-corrected chi connectivity index (χ1v) is 8.91. The van der Waals surface area contributed by atoms with Crippen LogP contribution in [-0.4, -0.2) is 0 Å². The SMILES string of the molecule is CCC1CC(C)(CC)C2CC(C)CC(CC(C)C)C12. The van der Waals surface area contributed by atoms with Crippen molar-refractivity contribution in [2.75, 3.05) is 0 Å². The van der Waals surface area contributed by atoms with Crippen LogP contribution in [0.4, 0.5) is 0 Å². The van der Waals surface area contributed by atoms with E-state index in [4.69, 9.17) is 0 Å². The summed E-state index contributed by atoms with van der Waals surface area (Å²) in [4.78, 5) is 0. The van der Waals surface area contributed by atoms with Gasteiger partial charge in [-0.2, -0.15) is 0 Å². The summed E-state index contributed by atoms with van der Waals surface area (Å²) >= 11 is 0. The Morgan fingerprint density at radius 2 is 1.79 bits per heavy atom. The summed E-state index contributed by atoms with van der Waals surface area (Å²) in [5.74, 6) is 5.95. The minimum Gasteiger partial charge on any atom is -0.0651 e. The molecule has 0 nitrogen and oxygen atoms in total. The monoisotopic (exact) mass is 264 g/mol. The zero-order valence-electron chi connectivity index (χ0n) is 14.2. The summed E-state index contributed by atoms with van der Waals surface area (Å²) in [5, 5.41) is 0. The Hall–Kier alpha value is 0. The number of hydrogen-bond acceptors (Lipinski definition) is 0. The minimum absolute atomic E-state index is 0.648. The van der Waals surface area contributed by atoms with Gasteiger partial charge in [0.05, 0.1) is 0 Å². The van der Waals surface area contributed by atoms with Gasteiger partial charge in [-0.25, -0.2) is 0 Å². The van der Waals surface area contributed by atoms with E-state index in [9.17, 15) is 0 Å². The molecule has 0 heterocycles. The van der Waals surface area contributed by atoms with E-state index in [2.05, 4.69) is 41.5 Å². The third-order valence-electron chi connectivity index (χ3n) is 6.64. The first-order chi connectivity index (χ1) is 8.91. The quantitative estimate of drug-likeness (QED) is 0.570. The van der Waals surface area contributed by atoms with Gasteiger partial charge in [-0.1, -0.05) is 54.4 Å². The summed E-state index contributed by atoms with van der Waals surface area (Å²) in [6, 6.07) is 0. The van der Waals surface area contributed by atoms with Crippen LogP contribution in [0.3, 0.4) is 0 Å². The van der Waals surface area contributed by atoms with Crippen LogP contribution < -0.4 is 0 Å². The predicted molar refractivity (Wildman–Crippen MR) is 85.1 cm³/mol. The van der Waals surface area contributed by atoms with Crippen molar-refractivity contribution in [3.63, 3.8) is 0 Å². The number of rotatable bonds is 4. The van der Waals surface area contributed by atoms with Crippen LogP contribution in [0.5, 0.6) is 0 Å². The zero-order valence-corrected chi connectivity index (χ0v) is 14.2. The van der Waals surface area contributed by atoms with Crippen molar-refractivity contribution < 1.29 is 0 Å². The van der Waals surface area contributed by atoms with Gasteiger partial charge in [0.25, 0.3) is 0 Å². The van der Waals surface area contributed by atoms with Crippen LogP contribution in [0.15, 0.2) is 0 Å². The molecule has 0 aromatic carbocycles. The van der Waals surface area contributed by atoms with E-state index in [0.717, 1.165) is 35.5 Å². The number of fused-ring (bicyclic) bond motifs is 1. The molecule has 0 radical (unpaired) electrons. The summed E-state index contributed by atoms with van der Waals surface area (Å²) in [6.45, 7) is 14.8. The average Bonchev–Trinajstić information content (AvgIpc) is 2.63. The molecule has 6 unspecified atom stereocenters. The summed E-state index contributed by atoms with van der Waals surface area (Å²) < 4.78 is 0. The zero-order chi connectivity index (χ0) is 14.2. The predicted octanol–water partition coefficient (Wildman–Crippen LogP) is 6.16. The molecule has 2 aliphatic rings. The summed E-state index contributed by atoms with van der Waals surface area (Å²) in [7, 11) is 0. The Morgan fingerprint density at radius 1 is 1.11 bits per heavy atom. The van der Waals surface area contributed by atoms with Gasteiger partial charge in [0.1, 0.15) is 0 Å². The molecule has 2 saturated carbocycles. The van der Waals surface area contributed by atoms with Gasteiger partial charge in [0.2, 0.25) is 0 Å². The Morgan fingerprint density at radius 3 is 2.32 bits per heavy atom. The second kappa shape index (κ2) is 5.78. The minimum atomic E-state index is 0.648. The average molecular weight is 264 g/mol. The van der Waals surface area contributed by atoms with Crippen LogP contribution in [0.1, 0.15) is 80.1 Å². The van der Waals surface area contributed by atoms with Crippen molar-refractivity contribution in [1.82, 2.24) is 0 Å². The van der Waals surface area contributed by atoms with Gasteiger partial charge in [-0.15, -0.1) is 0 Å². The normalized spacial score (nSPS) is 46.6. The molecule has 0 aromatic heterocycles. The molecule has 0 spiro atoms. The lowest BCUT2D eigenvalue weighted by Gasteiger charge is -2.44. The maximum absolute atomic E-state index is 2.60. The van der Waals surface area contributed by atoms with E-state index in [1.54, 1.807) is 0 Å². The molecule has 2 rings (SSSR count). The molecule has 0 amide bonds. The lowest BCUT2D eigenvalue weighted by atomic mass is 9.61. The molecule has 0 heteroatoms. The maximum Gasteiger partial charge on any atom is -0.0294 e. The van der Waals surface area contributed by atoms with Crippen molar-refractivity contribution in [2.45, 2.75) is 80.1 Å². The molecule has 2 fully saturated rings. The van der Waals surface area contributed by atoms with E-state index >= 15 is 0 Å². The van der Waals surface area contributed by atoms with Crippen LogP contribution in [0.2, 0.25) is 0 Å². The van der Waals surface area contributed by atoms with Crippen molar-refractivity contribution >= 4 is 0 Å². The molecule has 112 valence electrons. The highest BCUT2D eigenvalue weighted by Gasteiger charge is 2.53. The first kappa shape index (κ1) is 15.4. The van der Waals surface area contributed by atoms with Crippen molar-refractivity contribution in [1.29, 1.82) is 0 Å². The van der Waals surface area contributed by atoms with Gasteiger partial charge in [-0.3, -0.25) is 0 Å². The number of hydrogen-bond donors (Lipinski definition) is 0. The highest BCUT2D eigenvalue weighted by atomic mass is 14.6. The Balaban J connectivity index is 2.24. The molecule has 2 aliphatic carbocycles. The van der Waals surface area contributed by atoms with E-state index in [1.807, 2.05) is 0 Å². The maximum atomic E-state index is 2.60. The van der Waals surface area contributed by atoms with E-state index in [-0.39, 0.29) is 0 Å². The fourth-order valence-corrected chi connectivity index (χ4v) is 5.72. The van der Waals surface area contributed by atoms with Crippen LogP contribution >= 0.6 is 0 Å². The highest BCUT2D eigenvalue weighted by molar-refractivity contribution is 5.02. The molecule has 6 atom stereocenters. The van der Waals surface area contributed by atoms with Gasteiger partial charge < -0.3 is 0 Å². The molecule has 0 saturated heterocycles. The van der Waals surface area contributed by atoms with Gasteiger partial charge >= 0.3 is 0 Å². The van der Waals surface area contributed by atoms with Crippen LogP contribution in [-0.2, 0) is 0 Å². The third kappa shape index (κ3) is 2.88. The molecular weight excluding hydrogens is 228 g/mol. The van der Waals surface area contributed by atoms with E-state index in [1.165, 1.54) is 38.5 Å². The fraction of sp³-hybridized carbons (Fsp3) is 1.00. The standard InChI is InChI=1S/C19H36/c1-7-15-12-19(6,8-2)17-11-14(5)10-16(18(15)17)9-13(3)4/h13-18H,7-12H2,1-6H3. The van der Waals surface area contributed by atoms with Gasteiger partial charge in [0, 0.05) is 0 Å². The molecule has 0 aromatic rings. The largest absolute Gasteiger partial charge is 0.0651 e. The summed E-state index contributed by atoms with van der Waals surface area (Å²) in [5.41, 5.74) is 0.648. The van der Waals surface area contributed by atoms with Crippen LogP contribution in [0, 0.1) is 40.9 Å². The lowest BCUT2D eigenvalue weighted by molar-refractivity contribution is 0.0471.